The molecule has 4 aliphatic rings. The fraction of sp³-hybridized carbons (Fsp3) is 0.654. The van der Waals surface area contributed by atoms with E-state index >= 15 is 0 Å². The Labute approximate surface area is 218 Å². The number of carboxylic acids is 1. The summed E-state index contributed by atoms with van der Waals surface area (Å²) in [5.74, 6) is -0.287. The predicted molar refractivity (Wildman–Crippen MR) is 140 cm³/mol. The van der Waals surface area contributed by atoms with Gasteiger partial charge in [-0.2, -0.15) is 0 Å². The molecule has 4 atom stereocenters. The van der Waals surface area contributed by atoms with E-state index in [9.17, 15) is 9.59 Å². The van der Waals surface area contributed by atoms with Crippen LogP contribution in [-0.2, 0) is 9.59 Å². The normalized spacial score (nSPS) is 29.7. The number of carbonyl (C=O) groups excluding carboxylic acids is 1. The minimum absolute atomic E-state index is 0.00941. The first-order valence-corrected chi connectivity index (χ1v) is 13.5. The number of nitrogens with one attached hydrogen (secondary N) is 5. The molecule has 1 amide bonds. The molecule has 0 aliphatic carbocycles. The van der Waals surface area contributed by atoms with E-state index in [4.69, 9.17) is 11.7 Å². The summed E-state index contributed by atoms with van der Waals surface area (Å²) in [6, 6.07) is 8.30. The summed E-state index contributed by atoms with van der Waals surface area (Å²) in [5, 5.41) is 19.9. The quantitative estimate of drug-likeness (QED) is 0.296. The number of amides is 1. The number of hydrogen-bond donors (Lipinski definition) is 6. The summed E-state index contributed by atoms with van der Waals surface area (Å²) in [6.45, 7) is 12.0. The van der Waals surface area contributed by atoms with Gasteiger partial charge in [-0.25, -0.2) is 12.0 Å². The van der Waals surface area contributed by atoms with E-state index in [0.29, 0.717) is 19.0 Å². The minimum atomic E-state index is -0.711. The lowest BCUT2D eigenvalue weighted by Gasteiger charge is -2.49. The number of hydrogen-bond acceptors (Lipinski definition) is 8. The van der Waals surface area contributed by atoms with Crippen LogP contribution in [0.25, 0.3) is 4.85 Å². The lowest BCUT2D eigenvalue weighted by molar-refractivity contribution is -0.138. The number of fused-ring (bicyclic) bond motifs is 1. The van der Waals surface area contributed by atoms with Crippen LogP contribution < -0.4 is 31.7 Å². The molecule has 0 aromatic heterocycles. The maximum Gasteiger partial charge on any atom is 0.303 e. The highest BCUT2D eigenvalue weighted by Gasteiger charge is 2.45. The van der Waals surface area contributed by atoms with Crippen LogP contribution in [0.4, 0.5) is 11.4 Å². The fourth-order valence-corrected chi connectivity index (χ4v) is 6.17. The molecule has 0 saturated carbocycles. The molecule has 1 aromatic rings. The van der Waals surface area contributed by atoms with Crippen molar-refractivity contribution >= 4 is 23.3 Å². The zero-order chi connectivity index (χ0) is 25.8. The van der Waals surface area contributed by atoms with Crippen molar-refractivity contribution in [2.24, 2.45) is 17.8 Å². The third kappa shape index (κ3) is 6.15. The van der Waals surface area contributed by atoms with Crippen molar-refractivity contribution in [3.05, 3.63) is 35.7 Å². The molecule has 5 rings (SSSR count). The van der Waals surface area contributed by atoms with Gasteiger partial charge in [-0.15, -0.1) is 0 Å². The average molecular weight is 511 g/mol. The van der Waals surface area contributed by atoms with Crippen molar-refractivity contribution in [1.82, 2.24) is 26.4 Å². The van der Waals surface area contributed by atoms with Gasteiger partial charge in [-0.3, -0.25) is 30.5 Å². The molecule has 4 saturated heterocycles. The summed E-state index contributed by atoms with van der Waals surface area (Å²) in [6.07, 6.45) is 3.79. The third-order valence-electron chi connectivity index (χ3n) is 8.33. The van der Waals surface area contributed by atoms with Gasteiger partial charge in [-0.1, -0.05) is 0 Å². The van der Waals surface area contributed by atoms with Crippen LogP contribution in [0.3, 0.4) is 0 Å². The Kier molecular flexibility index (Phi) is 8.10. The zero-order valence-corrected chi connectivity index (χ0v) is 21.2. The van der Waals surface area contributed by atoms with E-state index in [-0.39, 0.29) is 42.7 Å². The Morgan fingerprint density at radius 3 is 2.43 bits per heavy atom. The van der Waals surface area contributed by atoms with E-state index in [2.05, 4.69) is 65.7 Å². The summed E-state index contributed by atoms with van der Waals surface area (Å²) in [7, 11) is 0. The highest BCUT2D eigenvalue weighted by molar-refractivity contribution is 5.81. The Bertz CT molecular complexity index is 983. The lowest BCUT2D eigenvalue weighted by Crippen LogP contribution is -2.77. The third-order valence-corrected chi connectivity index (χ3v) is 8.33. The molecule has 11 nitrogen and oxygen atoms in total. The second-order valence-corrected chi connectivity index (χ2v) is 10.8. The number of benzene rings is 1. The van der Waals surface area contributed by atoms with Gasteiger partial charge in [0.2, 0.25) is 12.5 Å². The summed E-state index contributed by atoms with van der Waals surface area (Å²) in [4.78, 5) is 32.1. The first kappa shape index (κ1) is 25.7. The zero-order valence-electron chi connectivity index (χ0n) is 21.2. The van der Waals surface area contributed by atoms with Crippen molar-refractivity contribution in [1.29, 1.82) is 0 Å². The van der Waals surface area contributed by atoms with Crippen LogP contribution in [0.15, 0.2) is 24.3 Å². The highest BCUT2D eigenvalue weighted by atomic mass is 16.4. The van der Waals surface area contributed by atoms with Gasteiger partial charge in [0, 0.05) is 62.5 Å². The monoisotopic (exact) mass is 510 g/mol. The molecular formula is C26H38N8O3. The van der Waals surface area contributed by atoms with Gasteiger partial charge in [0.1, 0.15) is 6.29 Å². The molecule has 37 heavy (non-hydrogen) atoms. The number of rotatable bonds is 7. The largest absolute Gasteiger partial charge is 0.481 e. The van der Waals surface area contributed by atoms with Crippen LogP contribution >= 0.6 is 0 Å². The van der Waals surface area contributed by atoms with Gasteiger partial charge in [0.15, 0.2) is 0 Å². The molecular weight excluding hydrogens is 472 g/mol. The van der Waals surface area contributed by atoms with Gasteiger partial charge >= 0.3 is 5.97 Å². The molecule has 1 aromatic carbocycles. The summed E-state index contributed by atoms with van der Waals surface area (Å²) < 4.78 is 0. The molecule has 200 valence electrons. The molecule has 0 spiro atoms. The second kappa shape index (κ2) is 11.6. The first-order valence-electron chi connectivity index (χ1n) is 13.5. The van der Waals surface area contributed by atoms with Crippen molar-refractivity contribution in [3.63, 3.8) is 0 Å². The maximum absolute atomic E-state index is 12.8. The summed E-state index contributed by atoms with van der Waals surface area (Å²) in [5.41, 5.74) is 7.88. The molecule has 6 N–H and O–H groups in total. The van der Waals surface area contributed by atoms with Gasteiger partial charge in [-0.05, 0) is 55.9 Å². The number of anilines is 2. The average Bonchev–Trinajstić information content (AvgIpc) is 2.90. The van der Waals surface area contributed by atoms with E-state index in [1.807, 2.05) is 0 Å². The SMILES string of the molecule is [C-]#[N+]CC1CCN(C2NC3CNNC(=O)C3C(Nc3ccc(N4CCC(CC(=O)O)CC4)cc3)N2)CC1. The molecule has 4 fully saturated rings. The van der Waals surface area contributed by atoms with Gasteiger partial charge < -0.3 is 20.2 Å². The smallest absolute Gasteiger partial charge is 0.303 e. The van der Waals surface area contributed by atoms with Crippen molar-refractivity contribution in [2.45, 2.75) is 50.6 Å². The Morgan fingerprint density at radius 2 is 1.76 bits per heavy atom. The van der Waals surface area contributed by atoms with Crippen LogP contribution in [0.5, 0.6) is 0 Å². The van der Waals surface area contributed by atoms with E-state index in [0.717, 1.165) is 63.2 Å². The van der Waals surface area contributed by atoms with Crippen LogP contribution in [-0.4, -0.2) is 79.6 Å². The van der Waals surface area contributed by atoms with Crippen molar-refractivity contribution in [3.8, 4) is 0 Å². The molecule has 4 aliphatic heterocycles. The van der Waals surface area contributed by atoms with Crippen LogP contribution in [0, 0.1) is 24.3 Å². The number of nitrogens with zero attached hydrogens (tertiary/aromatic N) is 3. The van der Waals surface area contributed by atoms with Crippen molar-refractivity contribution in [2.75, 3.05) is 49.5 Å². The number of hydrazine groups is 1. The number of piperidine rings is 2. The maximum atomic E-state index is 12.8. The molecule has 0 radical (unpaired) electrons. The van der Waals surface area contributed by atoms with E-state index < -0.39 is 5.97 Å². The van der Waals surface area contributed by atoms with Crippen LogP contribution in [0.1, 0.15) is 32.1 Å². The Morgan fingerprint density at radius 1 is 1.05 bits per heavy atom. The fourth-order valence-electron chi connectivity index (χ4n) is 6.17. The minimum Gasteiger partial charge on any atom is -0.481 e. The first-order chi connectivity index (χ1) is 18.0. The summed E-state index contributed by atoms with van der Waals surface area (Å²) >= 11 is 0. The lowest BCUT2D eigenvalue weighted by atomic mass is 9.90. The number of likely N-dealkylation sites (tertiary alicyclic amines) is 1. The second-order valence-electron chi connectivity index (χ2n) is 10.8. The number of carbonyl (C=O) groups is 2. The number of aliphatic carboxylic acids is 1. The molecule has 4 heterocycles. The van der Waals surface area contributed by atoms with E-state index in [1.165, 1.54) is 0 Å². The van der Waals surface area contributed by atoms with Crippen molar-refractivity contribution < 1.29 is 14.7 Å². The topological polar surface area (TPSA) is 125 Å². The molecule has 0 bridgehead atoms. The van der Waals surface area contributed by atoms with Gasteiger partial charge in [0.25, 0.3) is 0 Å². The predicted octanol–water partition coefficient (Wildman–Crippen LogP) is 0.843. The standard InChI is InChI=1S/C26H38N8O3/c1-27-15-18-8-12-34(13-9-18)26-30-21-16-28-32-25(37)23(21)24(31-26)29-19-2-4-20(5-3-19)33-10-6-17(7-11-33)14-22(35)36/h2-5,17-18,21,23-24,26,28-31H,6-16H2,(H,32,37)(H,35,36). The Hall–Kier alpha value is -2.91. The molecule has 11 heteroatoms. The van der Waals surface area contributed by atoms with Gasteiger partial charge in [0.05, 0.1) is 12.1 Å². The van der Waals surface area contributed by atoms with E-state index in [1.54, 1.807) is 0 Å². The highest BCUT2D eigenvalue weighted by Crippen LogP contribution is 2.28. The number of carboxylic acid groups (broad SMARTS) is 1. The molecule has 4 unspecified atom stereocenters. The van der Waals surface area contributed by atoms with Crippen LogP contribution in [0.2, 0.25) is 0 Å². The Balaban J connectivity index is 1.22.